The van der Waals surface area contributed by atoms with Crippen molar-refractivity contribution in [1.82, 2.24) is 19.9 Å². The summed E-state index contributed by atoms with van der Waals surface area (Å²) in [6.07, 6.45) is 5.16. The maximum absolute atomic E-state index is 6.18. The van der Waals surface area contributed by atoms with Gasteiger partial charge in [0.25, 0.3) is 0 Å². The third-order valence-corrected chi connectivity index (χ3v) is 7.54. The Morgan fingerprint density at radius 3 is 2.59 bits per heavy atom. The number of anilines is 3. The molecule has 0 spiro atoms. The zero-order valence-corrected chi connectivity index (χ0v) is 21.4. The number of nitrogens with one attached hydrogen (secondary N) is 1. The van der Waals surface area contributed by atoms with E-state index in [4.69, 9.17) is 9.72 Å². The van der Waals surface area contributed by atoms with Crippen molar-refractivity contribution in [2.45, 2.75) is 39.5 Å². The number of piperazine rings is 1. The van der Waals surface area contributed by atoms with Crippen molar-refractivity contribution in [3.05, 3.63) is 52.0 Å². The van der Waals surface area contributed by atoms with Gasteiger partial charge in [-0.25, -0.2) is 4.98 Å². The lowest BCUT2D eigenvalue weighted by Gasteiger charge is -2.33. The van der Waals surface area contributed by atoms with E-state index in [0.717, 1.165) is 49.3 Å². The van der Waals surface area contributed by atoms with Crippen LogP contribution < -0.4 is 15.0 Å². The molecule has 1 fully saturated rings. The lowest BCUT2D eigenvalue weighted by molar-refractivity contribution is 0.311. The molecule has 1 saturated heterocycles. The van der Waals surface area contributed by atoms with E-state index in [2.05, 4.69) is 78.0 Å². The van der Waals surface area contributed by atoms with E-state index in [0.29, 0.717) is 11.8 Å². The van der Waals surface area contributed by atoms with E-state index in [1.165, 1.54) is 21.6 Å². The zero-order valence-electron chi connectivity index (χ0n) is 20.6. The molecule has 0 radical (unpaired) electrons. The molecular weight excluding hydrogens is 444 g/mol. The average molecular weight is 477 g/mol. The molecule has 0 unspecified atom stereocenters. The van der Waals surface area contributed by atoms with Gasteiger partial charge in [0.2, 0.25) is 0 Å². The van der Waals surface area contributed by atoms with Crippen LogP contribution in [0.15, 0.2) is 36.0 Å². The summed E-state index contributed by atoms with van der Waals surface area (Å²) >= 11 is 1.65. The first-order chi connectivity index (χ1) is 16.2. The number of nitrogens with zero attached hydrogens (tertiary/aromatic N) is 5. The molecule has 1 aliphatic heterocycles. The molecule has 2 aromatic heterocycles. The van der Waals surface area contributed by atoms with Crippen LogP contribution in [0.1, 0.15) is 43.7 Å². The third kappa shape index (κ3) is 5.08. The van der Waals surface area contributed by atoms with Crippen LogP contribution in [0.4, 0.5) is 16.8 Å². The number of benzene rings is 1. The highest BCUT2D eigenvalue weighted by Gasteiger charge is 2.20. The molecule has 34 heavy (non-hydrogen) atoms. The first-order valence-electron chi connectivity index (χ1n) is 11.8. The minimum Gasteiger partial charge on any atom is -0.424 e. The van der Waals surface area contributed by atoms with Crippen LogP contribution in [0.5, 0.6) is 11.8 Å². The van der Waals surface area contributed by atoms with E-state index >= 15 is 0 Å². The highest BCUT2D eigenvalue weighted by molar-refractivity contribution is 7.15. The van der Waals surface area contributed by atoms with Gasteiger partial charge in [-0.3, -0.25) is 0 Å². The van der Waals surface area contributed by atoms with Crippen molar-refractivity contribution in [3.8, 4) is 11.8 Å². The molecule has 2 aliphatic rings. The van der Waals surface area contributed by atoms with E-state index in [9.17, 15) is 0 Å². The van der Waals surface area contributed by atoms with Crippen LogP contribution >= 0.6 is 11.3 Å². The van der Waals surface area contributed by atoms with Crippen molar-refractivity contribution in [1.29, 1.82) is 0 Å². The van der Waals surface area contributed by atoms with Gasteiger partial charge in [0.05, 0.1) is 0 Å². The van der Waals surface area contributed by atoms with Crippen molar-refractivity contribution in [3.63, 3.8) is 0 Å². The van der Waals surface area contributed by atoms with Crippen LogP contribution in [0.25, 0.3) is 6.08 Å². The SMILES string of the molecule is CC1=Cc2cc(Oc3nc(Nc4ncc(C(C)(C)C)s4)cc(N4CCN(C)CC4)n3)ccc2C1. The Hall–Kier alpha value is -2.97. The molecule has 0 saturated carbocycles. The van der Waals surface area contributed by atoms with E-state index in [1.807, 2.05) is 18.3 Å². The number of hydrogen-bond donors (Lipinski definition) is 1. The molecule has 5 rings (SSSR count). The van der Waals surface area contributed by atoms with Gasteiger partial charge in [-0.05, 0) is 49.1 Å². The first kappa shape index (κ1) is 22.8. The lowest BCUT2D eigenvalue weighted by Crippen LogP contribution is -2.44. The summed E-state index contributed by atoms with van der Waals surface area (Å²) in [5, 5.41) is 4.20. The number of aromatic nitrogens is 3. The number of fused-ring (bicyclic) bond motifs is 1. The van der Waals surface area contributed by atoms with Crippen LogP contribution in [0, 0.1) is 0 Å². The molecule has 8 heteroatoms. The number of thiazole rings is 1. The van der Waals surface area contributed by atoms with Crippen LogP contribution in [-0.4, -0.2) is 53.1 Å². The Morgan fingerprint density at radius 1 is 1.06 bits per heavy atom. The smallest absolute Gasteiger partial charge is 0.325 e. The number of ether oxygens (including phenoxy) is 1. The molecule has 1 aromatic carbocycles. The molecule has 1 aliphatic carbocycles. The molecule has 0 atom stereocenters. The first-order valence-corrected chi connectivity index (χ1v) is 12.6. The van der Waals surface area contributed by atoms with Crippen molar-refractivity contribution < 1.29 is 4.74 Å². The Balaban J connectivity index is 1.44. The largest absolute Gasteiger partial charge is 0.424 e. The van der Waals surface area contributed by atoms with Crippen LogP contribution in [-0.2, 0) is 11.8 Å². The molecule has 0 amide bonds. The quantitative estimate of drug-likeness (QED) is 0.523. The molecule has 1 N–H and O–H groups in total. The summed E-state index contributed by atoms with van der Waals surface area (Å²) in [5.74, 6) is 2.30. The van der Waals surface area contributed by atoms with E-state index in [-0.39, 0.29) is 5.41 Å². The van der Waals surface area contributed by atoms with Gasteiger partial charge in [-0.1, -0.05) is 38.5 Å². The third-order valence-electron chi connectivity index (χ3n) is 6.20. The minimum atomic E-state index is 0.0584. The summed E-state index contributed by atoms with van der Waals surface area (Å²) in [5.41, 5.74) is 3.96. The van der Waals surface area contributed by atoms with Gasteiger partial charge >= 0.3 is 6.01 Å². The van der Waals surface area contributed by atoms with Gasteiger partial charge in [0, 0.05) is 43.3 Å². The van der Waals surface area contributed by atoms with Crippen molar-refractivity contribution >= 4 is 34.2 Å². The standard InChI is InChI=1S/C26H32N6OS/c1-17-12-18-6-7-20(14-19(18)13-17)33-24-28-22(29-25-27-16-21(34-25)26(2,3)4)15-23(30-24)32-10-8-31(5)9-11-32/h6-7,13-16H,8-12H2,1-5H3,(H,27,28,29,30). The maximum Gasteiger partial charge on any atom is 0.325 e. The van der Waals surface area contributed by atoms with Crippen molar-refractivity contribution in [2.75, 3.05) is 43.4 Å². The number of rotatable bonds is 5. The highest BCUT2D eigenvalue weighted by atomic mass is 32.1. The number of allylic oxidation sites excluding steroid dienone is 1. The Morgan fingerprint density at radius 2 is 1.85 bits per heavy atom. The van der Waals surface area contributed by atoms with Gasteiger partial charge in [0.1, 0.15) is 17.4 Å². The number of hydrogen-bond acceptors (Lipinski definition) is 8. The average Bonchev–Trinajstić information content (AvgIpc) is 3.39. The predicted molar refractivity (Wildman–Crippen MR) is 140 cm³/mol. The van der Waals surface area contributed by atoms with Gasteiger partial charge < -0.3 is 19.9 Å². The normalized spacial score (nSPS) is 16.4. The minimum absolute atomic E-state index is 0.0584. The molecule has 3 heterocycles. The lowest BCUT2D eigenvalue weighted by atomic mass is 9.96. The second-order valence-corrected chi connectivity index (χ2v) is 11.2. The van der Waals surface area contributed by atoms with Crippen LogP contribution in [0.3, 0.4) is 0 Å². The Kier molecular flexibility index (Phi) is 6.04. The Labute approximate surface area is 205 Å². The van der Waals surface area contributed by atoms with E-state index < -0.39 is 0 Å². The summed E-state index contributed by atoms with van der Waals surface area (Å²) < 4.78 is 6.18. The highest BCUT2D eigenvalue weighted by Crippen LogP contribution is 2.33. The molecule has 0 bridgehead atoms. The molecule has 178 valence electrons. The zero-order chi connectivity index (χ0) is 23.9. The molecule has 7 nitrogen and oxygen atoms in total. The van der Waals surface area contributed by atoms with E-state index in [1.54, 1.807) is 11.3 Å². The summed E-state index contributed by atoms with van der Waals surface area (Å²) in [7, 11) is 2.15. The fraction of sp³-hybridized carbons (Fsp3) is 0.423. The van der Waals surface area contributed by atoms with Gasteiger partial charge in [0.15, 0.2) is 5.13 Å². The van der Waals surface area contributed by atoms with Gasteiger partial charge in [-0.15, -0.1) is 11.3 Å². The fourth-order valence-corrected chi connectivity index (χ4v) is 5.04. The second-order valence-electron chi connectivity index (χ2n) is 10.2. The second kappa shape index (κ2) is 9.00. The topological polar surface area (TPSA) is 66.4 Å². The predicted octanol–water partition coefficient (Wildman–Crippen LogP) is 5.48. The summed E-state index contributed by atoms with van der Waals surface area (Å²) in [4.78, 5) is 19.9. The number of likely N-dealkylation sites (N-methyl/N-ethyl adjacent to an activating group) is 1. The fourth-order valence-electron chi connectivity index (χ4n) is 4.16. The van der Waals surface area contributed by atoms with Gasteiger partial charge in [-0.2, -0.15) is 9.97 Å². The van der Waals surface area contributed by atoms with Crippen molar-refractivity contribution in [2.24, 2.45) is 0 Å². The van der Waals surface area contributed by atoms with Crippen LogP contribution in [0.2, 0.25) is 0 Å². The maximum atomic E-state index is 6.18. The molecular formula is C26H32N6OS. The summed E-state index contributed by atoms with van der Waals surface area (Å²) in [6, 6.07) is 8.53. The Bertz CT molecular complexity index is 1220. The monoisotopic (exact) mass is 476 g/mol. The summed E-state index contributed by atoms with van der Waals surface area (Å²) in [6.45, 7) is 12.6. The molecule has 3 aromatic rings.